The number of thioether (sulfide) groups is 1. The minimum atomic E-state index is -0.530. The summed E-state index contributed by atoms with van der Waals surface area (Å²) in [5.74, 6) is -0.801. The molecule has 0 atom stereocenters. The molecule has 0 aliphatic heterocycles. The Hall–Kier alpha value is -2.87. The molecule has 0 saturated carbocycles. The van der Waals surface area contributed by atoms with E-state index >= 15 is 0 Å². The third-order valence-electron chi connectivity index (χ3n) is 3.76. The summed E-state index contributed by atoms with van der Waals surface area (Å²) >= 11 is 1.51. The summed E-state index contributed by atoms with van der Waals surface area (Å²) in [4.78, 5) is 37.3. The third kappa shape index (κ3) is 4.60. The molecule has 0 spiro atoms. The van der Waals surface area contributed by atoms with Crippen LogP contribution in [0.2, 0.25) is 0 Å². The molecule has 0 radical (unpaired) electrons. The lowest BCUT2D eigenvalue weighted by atomic mass is 10.1. The Morgan fingerprint density at radius 3 is 2.58 bits per heavy atom. The van der Waals surface area contributed by atoms with Crippen molar-refractivity contribution in [2.75, 3.05) is 25.2 Å². The van der Waals surface area contributed by atoms with Crippen LogP contribution in [0.5, 0.6) is 0 Å². The number of carbonyl (C=O) groups is 2. The Balaban J connectivity index is 2.08. The van der Waals surface area contributed by atoms with Gasteiger partial charge in [0.05, 0.1) is 17.2 Å². The Morgan fingerprint density at radius 1 is 1.23 bits per heavy atom. The van der Waals surface area contributed by atoms with Crippen LogP contribution in [0.1, 0.15) is 15.9 Å². The number of rotatable bonds is 6. The number of hydrogen-bond donors (Lipinski definition) is 1. The average Bonchev–Trinajstić information content (AvgIpc) is 2.61. The number of amides is 2. The molecule has 1 N–H and O–H groups in total. The van der Waals surface area contributed by atoms with Crippen LogP contribution >= 0.6 is 11.8 Å². The van der Waals surface area contributed by atoms with E-state index in [9.17, 15) is 19.7 Å². The van der Waals surface area contributed by atoms with Gasteiger partial charge < -0.3 is 10.2 Å². The highest BCUT2D eigenvalue weighted by Gasteiger charge is 2.19. The molecule has 2 aromatic rings. The smallest absolute Gasteiger partial charge is 0.273 e. The van der Waals surface area contributed by atoms with E-state index in [1.807, 2.05) is 24.5 Å². The molecule has 0 aliphatic rings. The summed E-state index contributed by atoms with van der Waals surface area (Å²) in [6, 6.07) is 11.6. The molecule has 2 rings (SSSR count). The van der Waals surface area contributed by atoms with Gasteiger partial charge in [-0.25, -0.2) is 0 Å². The van der Waals surface area contributed by atoms with Gasteiger partial charge in [-0.05, 0) is 31.4 Å². The van der Waals surface area contributed by atoms with Crippen molar-refractivity contribution >= 4 is 35.0 Å². The second kappa shape index (κ2) is 8.48. The Morgan fingerprint density at radius 2 is 1.92 bits per heavy atom. The zero-order valence-corrected chi connectivity index (χ0v) is 15.5. The van der Waals surface area contributed by atoms with Crippen LogP contribution in [0, 0.1) is 17.0 Å². The number of para-hydroxylation sites is 1. The van der Waals surface area contributed by atoms with Crippen LogP contribution in [-0.4, -0.2) is 41.5 Å². The van der Waals surface area contributed by atoms with E-state index in [-0.39, 0.29) is 23.7 Å². The van der Waals surface area contributed by atoms with Gasteiger partial charge in [0.25, 0.3) is 11.6 Å². The zero-order valence-electron chi connectivity index (χ0n) is 14.7. The molecule has 136 valence electrons. The first kappa shape index (κ1) is 19.5. The highest BCUT2D eigenvalue weighted by Crippen LogP contribution is 2.24. The van der Waals surface area contributed by atoms with Crippen LogP contribution in [-0.2, 0) is 4.79 Å². The van der Waals surface area contributed by atoms with Crippen molar-refractivity contribution in [2.45, 2.75) is 11.8 Å². The summed E-state index contributed by atoms with van der Waals surface area (Å²) in [6.45, 7) is 1.44. The van der Waals surface area contributed by atoms with Crippen molar-refractivity contribution in [1.82, 2.24) is 4.90 Å². The number of hydrogen-bond acceptors (Lipinski definition) is 5. The van der Waals surface area contributed by atoms with Gasteiger partial charge in [-0.1, -0.05) is 18.2 Å². The molecule has 7 nitrogen and oxygen atoms in total. The highest BCUT2D eigenvalue weighted by atomic mass is 32.2. The van der Waals surface area contributed by atoms with Gasteiger partial charge in [-0.15, -0.1) is 11.8 Å². The number of aryl methyl sites for hydroxylation is 1. The number of benzene rings is 2. The molecule has 0 fully saturated rings. The minimum Gasteiger partial charge on any atom is -0.332 e. The Labute approximate surface area is 155 Å². The number of nitrogens with zero attached hydrogens (tertiary/aromatic N) is 2. The van der Waals surface area contributed by atoms with E-state index < -0.39 is 10.8 Å². The molecule has 0 unspecified atom stereocenters. The van der Waals surface area contributed by atoms with Gasteiger partial charge in [-0.3, -0.25) is 19.7 Å². The van der Waals surface area contributed by atoms with Crippen molar-refractivity contribution in [3.8, 4) is 0 Å². The van der Waals surface area contributed by atoms with Crippen molar-refractivity contribution in [2.24, 2.45) is 0 Å². The first-order valence-electron chi connectivity index (χ1n) is 7.77. The fourth-order valence-corrected chi connectivity index (χ4v) is 2.94. The first-order valence-corrected chi connectivity index (χ1v) is 8.99. The quantitative estimate of drug-likeness (QED) is 0.476. The van der Waals surface area contributed by atoms with Crippen LogP contribution in [0.4, 0.5) is 11.4 Å². The average molecular weight is 373 g/mol. The van der Waals surface area contributed by atoms with E-state index in [0.717, 1.165) is 4.90 Å². The second-order valence-electron chi connectivity index (χ2n) is 5.67. The molecule has 0 bridgehead atoms. The molecule has 0 heterocycles. The largest absolute Gasteiger partial charge is 0.332 e. The van der Waals surface area contributed by atoms with Crippen molar-refractivity contribution in [1.29, 1.82) is 0 Å². The van der Waals surface area contributed by atoms with E-state index in [0.29, 0.717) is 11.3 Å². The molecule has 8 heteroatoms. The molecule has 2 aromatic carbocycles. The number of nitro groups is 1. The number of likely N-dealkylation sites (N-methyl/N-ethyl adjacent to an activating group) is 1. The lowest BCUT2D eigenvalue weighted by molar-refractivity contribution is -0.385. The van der Waals surface area contributed by atoms with Crippen LogP contribution in [0.25, 0.3) is 0 Å². The van der Waals surface area contributed by atoms with Crippen molar-refractivity contribution in [3.05, 3.63) is 63.7 Å². The van der Waals surface area contributed by atoms with Crippen LogP contribution < -0.4 is 5.32 Å². The SMILES string of the molecule is CSc1ccccc1NC(=O)CN(C)C(=O)c1ccc(C)c([N+](=O)[O-])c1. The predicted molar refractivity (Wildman–Crippen MR) is 102 cm³/mol. The fourth-order valence-electron chi connectivity index (χ4n) is 2.38. The van der Waals surface area contributed by atoms with Gasteiger partial charge in [0, 0.05) is 29.1 Å². The van der Waals surface area contributed by atoms with Gasteiger partial charge in [0.1, 0.15) is 0 Å². The van der Waals surface area contributed by atoms with Crippen molar-refractivity contribution < 1.29 is 14.5 Å². The number of nitrogens with one attached hydrogen (secondary N) is 1. The van der Waals surface area contributed by atoms with E-state index in [4.69, 9.17) is 0 Å². The summed E-state index contributed by atoms with van der Waals surface area (Å²) in [5.41, 5.74) is 1.20. The summed E-state index contributed by atoms with van der Waals surface area (Å²) < 4.78 is 0. The molecule has 0 saturated heterocycles. The standard InChI is InChI=1S/C18H19N3O4S/c1-12-8-9-13(10-15(12)21(24)25)18(23)20(2)11-17(22)19-14-6-4-5-7-16(14)26-3/h4-10H,11H2,1-3H3,(H,19,22). The molecular weight excluding hydrogens is 354 g/mol. The third-order valence-corrected chi connectivity index (χ3v) is 4.56. The monoisotopic (exact) mass is 373 g/mol. The lowest BCUT2D eigenvalue weighted by Crippen LogP contribution is -2.35. The number of carbonyl (C=O) groups excluding carboxylic acids is 2. The molecular formula is C18H19N3O4S. The first-order chi connectivity index (χ1) is 12.3. The lowest BCUT2D eigenvalue weighted by Gasteiger charge is -2.17. The normalized spacial score (nSPS) is 10.3. The second-order valence-corrected chi connectivity index (χ2v) is 6.52. The van der Waals surface area contributed by atoms with Crippen molar-refractivity contribution in [3.63, 3.8) is 0 Å². The molecule has 0 aromatic heterocycles. The molecule has 0 aliphatic carbocycles. The van der Waals surface area contributed by atoms with Gasteiger partial charge in [-0.2, -0.15) is 0 Å². The number of nitro benzene ring substituents is 1. The van der Waals surface area contributed by atoms with Gasteiger partial charge in [0.15, 0.2) is 0 Å². The van der Waals surface area contributed by atoms with Crippen LogP contribution in [0.15, 0.2) is 47.4 Å². The van der Waals surface area contributed by atoms with E-state index in [1.54, 1.807) is 13.0 Å². The maximum Gasteiger partial charge on any atom is 0.273 e. The highest BCUT2D eigenvalue weighted by molar-refractivity contribution is 7.98. The van der Waals surface area contributed by atoms with E-state index in [2.05, 4.69) is 5.32 Å². The maximum atomic E-state index is 12.5. The Bertz CT molecular complexity index is 854. The fraction of sp³-hybridized carbons (Fsp3) is 0.222. The number of anilines is 1. The minimum absolute atomic E-state index is 0.123. The summed E-state index contributed by atoms with van der Waals surface area (Å²) in [6.07, 6.45) is 1.91. The van der Waals surface area contributed by atoms with Gasteiger partial charge in [0.2, 0.25) is 5.91 Å². The maximum absolute atomic E-state index is 12.5. The predicted octanol–water partition coefficient (Wildman–Crippen LogP) is 3.34. The Kier molecular flexibility index (Phi) is 6.35. The zero-order chi connectivity index (χ0) is 19.3. The van der Waals surface area contributed by atoms with Crippen LogP contribution in [0.3, 0.4) is 0 Å². The molecule has 26 heavy (non-hydrogen) atoms. The van der Waals surface area contributed by atoms with Gasteiger partial charge >= 0.3 is 0 Å². The summed E-state index contributed by atoms with van der Waals surface area (Å²) in [5, 5.41) is 13.8. The topological polar surface area (TPSA) is 92.6 Å². The summed E-state index contributed by atoms with van der Waals surface area (Å²) in [7, 11) is 1.48. The molecule has 2 amide bonds. The van der Waals surface area contributed by atoms with E-state index in [1.165, 1.54) is 41.9 Å².